The minimum absolute atomic E-state index is 0.0626. The van der Waals surface area contributed by atoms with Gasteiger partial charge in [0, 0.05) is 42.6 Å². The van der Waals surface area contributed by atoms with Gasteiger partial charge in [-0.3, -0.25) is 9.59 Å². The highest BCUT2D eigenvalue weighted by molar-refractivity contribution is 8.01. The lowest BCUT2D eigenvalue weighted by atomic mass is 10.2. The van der Waals surface area contributed by atoms with Crippen LogP contribution in [0.25, 0.3) is 10.2 Å². The first-order valence-electron chi connectivity index (χ1n) is 10.5. The Morgan fingerprint density at radius 2 is 1.76 bits per heavy atom. The molecule has 2 amide bonds. The van der Waals surface area contributed by atoms with Crippen LogP contribution in [-0.2, 0) is 11.3 Å². The molecule has 4 aromatic rings. The molecule has 1 heterocycles. The predicted octanol–water partition coefficient (Wildman–Crippen LogP) is 5.68. The van der Waals surface area contributed by atoms with E-state index in [2.05, 4.69) is 15.6 Å². The van der Waals surface area contributed by atoms with Gasteiger partial charge in [0.1, 0.15) is 0 Å². The van der Waals surface area contributed by atoms with Gasteiger partial charge in [0.25, 0.3) is 5.91 Å². The molecular weight excluding hydrogens is 488 g/mol. The number of fused-ring (bicyclic) bond motifs is 1. The highest BCUT2D eigenvalue weighted by Gasteiger charge is 2.11. The molecule has 34 heavy (non-hydrogen) atoms. The van der Waals surface area contributed by atoms with Gasteiger partial charge in [-0.1, -0.05) is 35.5 Å². The first-order valence-corrected chi connectivity index (χ1v) is 12.7. The number of nitrogens with zero attached hydrogens (tertiary/aromatic N) is 2. The third kappa shape index (κ3) is 6.28. The van der Waals surface area contributed by atoms with Crippen molar-refractivity contribution in [1.29, 1.82) is 0 Å². The van der Waals surface area contributed by atoms with E-state index >= 15 is 0 Å². The van der Waals surface area contributed by atoms with Crippen LogP contribution in [0.3, 0.4) is 0 Å². The van der Waals surface area contributed by atoms with Gasteiger partial charge in [-0.05, 0) is 60.2 Å². The number of carbonyl (C=O) groups excluding carboxylic acids is 2. The Bertz CT molecular complexity index is 1310. The molecule has 0 atom stereocenters. The average molecular weight is 511 g/mol. The second-order valence-corrected chi connectivity index (χ2v) is 10.4. The molecule has 6 nitrogen and oxygen atoms in total. The van der Waals surface area contributed by atoms with Crippen molar-refractivity contribution in [2.45, 2.75) is 10.9 Å². The summed E-state index contributed by atoms with van der Waals surface area (Å²) < 4.78 is 1.75. The summed E-state index contributed by atoms with van der Waals surface area (Å²) in [6, 6.07) is 20.4. The molecule has 0 fully saturated rings. The molecule has 0 unspecified atom stereocenters. The number of benzene rings is 3. The Labute approximate surface area is 211 Å². The standard InChI is InChI=1S/C25H23ClN4O2S2/c1-30(2)20-10-5-17(6-11-20)24(32)28-19-9-12-21-22(13-19)34-25(29-21)33-15-23(31)27-14-16-3-7-18(26)8-4-16/h3-13H,14-15H2,1-2H3,(H,27,31)(H,28,32). The maximum absolute atomic E-state index is 12.6. The maximum Gasteiger partial charge on any atom is 0.255 e. The van der Waals surface area contributed by atoms with Crippen LogP contribution in [0, 0.1) is 0 Å². The average Bonchev–Trinajstić information content (AvgIpc) is 3.24. The second-order valence-electron chi connectivity index (χ2n) is 7.75. The lowest BCUT2D eigenvalue weighted by Crippen LogP contribution is -2.24. The zero-order valence-corrected chi connectivity index (χ0v) is 21.1. The Kier molecular flexibility index (Phi) is 7.72. The number of aromatic nitrogens is 1. The number of hydrogen-bond donors (Lipinski definition) is 2. The van der Waals surface area contributed by atoms with Crippen molar-refractivity contribution in [3.8, 4) is 0 Å². The van der Waals surface area contributed by atoms with Gasteiger partial charge in [0.05, 0.1) is 16.0 Å². The van der Waals surface area contributed by atoms with Crippen LogP contribution in [0.2, 0.25) is 5.02 Å². The fourth-order valence-electron chi connectivity index (χ4n) is 3.14. The number of thiazole rings is 1. The Balaban J connectivity index is 1.32. The molecule has 0 aliphatic carbocycles. The first kappa shape index (κ1) is 24.1. The van der Waals surface area contributed by atoms with Gasteiger partial charge in [-0.2, -0.15) is 0 Å². The molecule has 174 valence electrons. The molecule has 4 rings (SSSR count). The second kappa shape index (κ2) is 10.9. The van der Waals surface area contributed by atoms with Crippen LogP contribution in [0.15, 0.2) is 71.1 Å². The first-order chi connectivity index (χ1) is 16.4. The number of carbonyl (C=O) groups is 2. The highest BCUT2D eigenvalue weighted by Crippen LogP contribution is 2.31. The Morgan fingerprint density at radius 1 is 1.03 bits per heavy atom. The summed E-state index contributed by atoms with van der Waals surface area (Å²) in [6.07, 6.45) is 0. The zero-order valence-electron chi connectivity index (χ0n) is 18.7. The van der Waals surface area contributed by atoms with Crippen molar-refractivity contribution in [2.75, 3.05) is 30.1 Å². The summed E-state index contributed by atoms with van der Waals surface area (Å²) in [4.78, 5) is 31.4. The van der Waals surface area contributed by atoms with Crippen molar-refractivity contribution in [3.05, 3.63) is 82.9 Å². The van der Waals surface area contributed by atoms with Crippen LogP contribution in [0.5, 0.6) is 0 Å². The lowest BCUT2D eigenvalue weighted by molar-refractivity contribution is -0.118. The van der Waals surface area contributed by atoms with Crippen LogP contribution >= 0.6 is 34.7 Å². The van der Waals surface area contributed by atoms with Crippen LogP contribution < -0.4 is 15.5 Å². The maximum atomic E-state index is 12.6. The minimum atomic E-state index is -0.166. The number of halogens is 1. The van der Waals surface area contributed by atoms with Crippen molar-refractivity contribution >= 4 is 68.1 Å². The van der Waals surface area contributed by atoms with E-state index in [1.807, 2.05) is 73.6 Å². The number of hydrogen-bond acceptors (Lipinski definition) is 6. The molecule has 2 N–H and O–H groups in total. The van der Waals surface area contributed by atoms with Gasteiger partial charge >= 0.3 is 0 Å². The molecule has 0 aliphatic heterocycles. The van der Waals surface area contributed by atoms with Crippen molar-refractivity contribution in [1.82, 2.24) is 10.3 Å². The highest BCUT2D eigenvalue weighted by atomic mass is 35.5. The summed E-state index contributed by atoms with van der Waals surface area (Å²) in [7, 11) is 3.92. The molecule has 1 aromatic heterocycles. The molecule has 0 saturated carbocycles. The van der Waals surface area contributed by atoms with E-state index in [-0.39, 0.29) is 17.6 Å². The van der Waals surface area contributed by atoms with E-state index in [0.717, 1.165) is 25.8 Å². The molecule has 0 aliphatic rings. The normalized spacial score (nSPS) is 10.8. The SMILES string of the molecule is CN(C)c1ccc(C(=O)Nc2ccc3nc(SCC(=O)NCc4ccc(Cl)cc4)sc3c2)cc1. The lowest BCUT2D eigenvalue weighted by Gasteiger charge is -2.12. The van der Waals surface area contributed by atoms with Gasteiger partial charge in [-0.25, -0.2) is 4.98 Å². The van der Waals surface area contributed by atoms with Gasteiger partial charge in [0.2, 0.25) is 5.91 Å². The number of rotatable bonds is 8. The smallest absolute Gasteiger partial charge is 0.255 e. The molecule has 9 heteroatoms. The number of anilines is 2. The quantitative estimate of drug-likeness (QED) is 0.298. The minimum Gasteiger partial charge on any atom is -0.378 e. The van der Waals surface area contributed by atoms with Crippen molar-refractivity contribution in [2.24, 2.45) is 0 Å². The van der Waals surface area contributed by atoms with Crippen molar-refractivity contribution in [3.63, 3.8) is 0 Å². The largest absolute Gasteiger partial charge is 0.378 e. The molecule has 0 spiro atoms. The van der Waals surface area contributed by atoms with Crippen LogP contribution in [-0.4, -0.2) is 36.6 Å². The zero-order chi connectivity index (χ0) is 24.1. The Morgan fingerprint density at radius 3 is 2.47 bits per heavy atom. The van der Waals surface area contributed by atoms with E-state index in [0.29, 0.717) is 22.8 Å². The monoisotopic (exact) mass is 510 g/mol. The number of thioether (sulfide) groups is 1. The molecule has 0 radical (unpaired) electrons. The van der Waals surface area contributed by atoms with E-state index in [1.165, 1.54) is 23.1 Å². The fraction of sp³-hybridized carbons (Fsp3) is 0.160. The predicted molar refractivity (Wildman–Crippen MR) is 142 cm³/mol. The van der Waals surface area contributed by atoms with Crippen LogP contribution in [0.1, 0.15) is 15.9 Å². The fourth-order valence-corrected chi connectivity index (χ4v) is 5.20. The third-order valence-corrected chi connectivity index (χ3v) is 7.42. The van der Waals surface area contributed by atoms with Crippen LogP contribution in [0.4, 0.5) is 11.4 Å². The third-order valence-electron chi connectivity index (χ3n) is 5.00. The van der Waals surface area contributed by atoms with Gasteiger partial charge in [0.15, 0.2) is 4.34 Å². The summed E-state index contributed by atoms with van der Waals surface area (Å²) in [5.74, 6) is 0.0496. The van der Waals surface area contributed by atoms with Crippen molar-refractivity contribution < 1.29 is 9.59 Å². The van der Waals surface area contributed by atoms with E-state index in [4.69, 9.17) is 11.6 Å². The molecule has 0 saturated heterocycles. The van der Waals surface area contributed by atoms with Gasteiger partial charge < -0.3 is 15.5 Å². The van der Waals surface area contributed by atoms with Gasteiger partial charge in [-0.15, -0.1) is 11.3 Å². The topological polar surface area (TPSA) is 74.3 Å². The molecule has 0 bridgehead atoms. The summed E-state index contributed by atoms with van der Waals surface area (Å²) >= 11 is 8.78. The summed E-state index contributed by atoms with van der Waals surface area (Å²) in [6.45, 7) is 0.456. The summed E-state index contributed by atoms with van der Waals surface area (Å²) in [5.41, 5.74) is 4.16. The van der Waals surface area contributed by atoms with E-state index in [9.17, 15) is 9.59 Å². The number of amides is 2. The molecule has 3 aromatic carbocycles. The number of nitrogens with one attached hydrogen (secondary N) is 2. The summed E-state index contributed by atoms with van der Waals surface area (Å²) in [5, 5.41) is 6.51. The van der Waals surface area contributed by atoms with E-state index in [1.54, 1.807) is 12.1 Å². The Hall–Kier alpha value is -3.07. The van der Waals surface area contributed by atoms with E-state index < -0.39 is 0 Å². The molecular formula is C25H23ClN4O2S2.